The summed E-state index contributed by atoms with van der Waals surface area (Å²) in [5.41, 5.74) is -6.10. The van der Waals surface area contributed by atoms with Crippen LogP contribution in [0.1, 0.15) is 49.2 Å². The molecule has 6 heteroatoms. The van der Waals surface area contributed by atoms with E-state index in [0.29, 0.717) is 18.4 Å². The van der Waals surface area contributed by atoms with Gasteiger partial charge in [0.1, 0.15) is 12.2 Å². The number of aliphatic hydroxyl groups excluding tert-OH is 1. The molecule has 4 rings (SSSR count). The van der Waals surface area contributed by atoms with E-state index in [-0.39, 0.29) is 18.6 Å². The number of aliphatic hydroxyl groups is 3. The van der Waals surface area contributed by atoms with Crippen molar-refractivity contribution in [2.45, 2.75) is 63.8 Å². The van der Waals surface area contributed by atoms with Crippen LogP contribution in [0.3, 0.4) is 0 Å². The lowest BCUT2D eigenvalue weighted by Gasteiger charge is -2.62. The average molecular weight is 395 g/mol. The minimum atomic E-state index is -3.25. The maximum atomic E-state index is 17.2. The van der Waals surface area contributed by atoms with Gasteiger partial charge in [0.2, 0.25) is 1.43 Å². The van der Waals surface area contributed by atoms with Gasteiger partial charge in [-0.05, 0) is 56.6 Å². The van der Waals surface area contributed by atoms with E-state index in [9.17, 15) is 19.8 Å². The lowest BCUT2D eigenvalue weighted by molar-refractivity contribution is -0.219. The Hall–Kier alpha value is -1.37. The third-order valence-electron chi connectivity index (χ3n) is 8.65. The van der Waals surface area contributed by atoms with Crippen molar-refractivity contribution in [3.8, 4) is 0 Å². The number of alkyl halides is 1. The fourth-order valence-corrected chi connectivity index (χ4v) is 7.08. The third kappa shape index (κ3) is 2.01. The Bertz CT molecular complexity index is 900. The van der Waals surface area contributed by atoms with Crippen molar-refractivity contribution in [1.29, 1.82) is 1.43 Å². The summed E-state index contributed by atoms with van der Waals surface area (Å²) in [6.45, 7) is 1.68. The highest BCUT2D eigenvalue weighted by molar-refractivity contribution is 6.01. The SMILES string of the molecule is [2H]O[C@H]1C[C@@]2(C)[C@@H](C[C@@H](C)[C@]2(O)C(=O)C([2H])([2H])O)[C@@H]2CCC3=CC(=O)C=C[C@]3(C)[C@@]12F. The van der Waals surface area contributed by atoms with Gasteiger partial charge >= 0.3 is 0 Å². The van der Waals surface area contributed by atoms with E-state index in [1.807, 2.05) is 0 Å². The van der Waals surface area contributed by atoms with E-state index in [0.717, 1.165) is 0 Å². The van der Waals surface area contributed by atoms with Crippen LogP contribution in [0.2, 0.25) is 0 Å². The molecule has 0 spiro atoms. The summed E-state index contributed by atoms with van der Waals surface area (Å²) in [7, 11) is 0. The molecule has 0 aromatic heterocycles. The zero-order valence-electron chi connectivity index (χ0n) is 19.4. The maximum absolute atomic E-state index is 17.2. The monoisotopic (exact) mass is 395 g/mol. The van der Waals surface area contributed by atoms with Crippen LogP contribution in [0.25, 0.3) is 0 Å². The van der Waals surface area contributed by atoms with Crippen molar-refractivity contribution < 1.29 is 32.0 Å². The lowest BCUT2D eigenvalue weighted by atomic mass is 9.44. The molecular weight excluding hydrogens is 363 g/mol. The lowest BCUT2D eigenvalue weighted by Crippen LogP contribution is -2.69. The van der Waals surface area contributed by atoms with Gasteiger partial charge in [-0.3, -0.25) is 9.59 Å². The average Bonchev–Trinajstić information content (AvgIpc) is 2.88. The molecule has 0 amide bonds. The number of rotatable bonds is 3. The van der Waals surface area contributed by atoms with Crippen molar-refractivity contribution in [1.82, 2.24) is 0 Å². The fourth-order valence-electron chi connectivity index (χ4n) is 7.08. The third-order valence-corrected chi connectivity index (χ3v) is 8.65. The Morgan fingerprint density at radius 2 is 2.14 bits per heavy atom. The standard InChI is InChI=1S/C22H29FO5/c1-12-8-16-15-5-4-13-9-14(25)6-7-19(13,2)21(15,23)17(26)10-20(16,3)22(12,28)18(27)11-24/h6-7,9,12,15-17,24,26,28H,4-5,8,10-11H2,1-3H3/t12-,15+,16+,17+,19+,20+,21+,22+/m1/s1/i11D2,26D. The second-order valence-electron chi connectivity index (χ2n) is 9.58. The van der Waals surface area contributed by atoms with Crippen LogP contribution >= 0.6 is 0 Å². The summed E-state index contributed by atoms with van der Waals surface area (Å²) in [6, 6.07) is 0. The molecule has 3 N–H and O–H groups in total. The Morgan fingerprint density at radius 3 is 2.79 bits per heavy atom. The zero-order valence-corrected chi connectivity index (χ0v) is 16.4. The largest absolute Gasteiger partial charge is 0.390 e. The summed E-state index contributed by atoms with van der Waals surface area (Å²) in [4.78, 5) is 24.8. The van der Waals surface area contributed by atoms with Gasteiger partial charge in [-0.15, -0.1) is 0 Å². The summed E-state index contributed by atoms with van der Waals surface area (Å²) in [5.74, 6) is -3.45. The molecule has 0 heterocycles. The van der Waals surface area contributed by atoms with Crippen LogP contribution in [0.15, 0.2) is 23.8 Å². The predicted octanol–water partition coefficient (Wildman–Crippen LogP) is 1.90. The van der Waals surface area contributed by atoms with E-state index >= 15 is 4.39 Å². The van der Waals surface area contributed by atoms with Gasteiger partial charge in [0.15, 0.2) is 17.2 Å². The fraction of sp³-hybridized carbons (Fsp3) is 0.727. The van der Waals surface area contributed by atoms with Crippen molar-refractivity contribution >= 4 is 11.6 Å². The summed E-state index contributed by atoms with van der Waals surface area (Å²) in [5, 5.41) is 26.3. The first-order valence-corrected chi connectivity index (χ1v) is 9.92. The molecule has 4 aliphatic carbocycles. The van der Waals surface area contributed by atoms with E-state index < -0.39 is 58.3 Å². The first-order chi connectivity index (χ1) is 14.2. The number of Topliss-reactive ketones (excluding diaryl/α,β-unsaturated/α-hetero) is 1. The van der Waals surface area contributed by atoms with E-state index in [2.05, 4.69) is 0 Å². The van der Waals surface area contributed by atoms with Gasteiger partial charge in [0.25, 0.3) is 0 Å². The summed E-state index contributed by atoms with van der Waals surface area (Å²) < 4.78 is 39.9. The molecule has 0 unspecified atom stereocenters. The number of allylic oxidation sites excluding steroid dienone is 4. The first kappa shape index (κ1) is 16.4. The van der Waals surface area contributed by atoms with Crippen LogP contribution in [0.4, 0.5) is 4.39 Å². The van der Waals surface area contributed by atoms with E-state index in [1.165, 1.54) is 12.2 Å². The highest BCUT2D eigenvalue weighted by Gasteiger charge is 2.75. The maximum Gasteiger partial charge on any atom is 0.211 e. The molecule has 0 aliphatic heterocycles. The van der Waals surface area contributed by atoms with Crippen molar-refractivity contribution in [2.75, 3.05) is 6.56 Å². The molecule has 4 aliphatic rings. The van der Waals surface area contributed by atoms with Crippen LogP contribution in [-0.4, -0.2) is 52.3 Å². The van der Waals surface area contributed by atoms with Crippen LogP contribution in [0, 0.1) is 28.6 Å². The number of carbonyl (C=O) groups is 2. The Labute approximate surface area is 168 Å². The van der Waals surface area contributed by atoms with Crippen molar-refractivity contribution in [2.24, 2.45) is 28.6 Å². The van der Waals surface area contributed by atoms with E-state index in [4.69, 9.17) is 9.28 Å². The number of hydrogen-bond donors (Lipinski definition) is 3. The number of ketones is 2. The first-order valence-electron chi connectivity index (χ1n) is 11.3. The van der Waals surface area contributed by atoms with Gasteiger partial charge in [-0.2, -0.15) is 0 Å². The molecule has 8 atom stereocenters. The number of fused-ring (bicyclic) bond motifs is 5. The minimum absolute atomic E-state index is 0.193. The molecule has 5 nitrogen and oxygen atoms in total. The number of carbonyl (C=O) groups excluding carboxylic acids is 2. The van der Waals surface area contributed by atoms with Crippen LogP contribution in [0.5, 0.6) is 0 Å². The van der Waals surface area contributed by atoms with E-state index in [1.54, 1.807) is 26.8 Å². The molecule has 3 saturated carbocycles. The van der Waals surface area contributed by atoms with Crippen molar-refractivity contribution in [3.05, 3.63) is 23.8 Å². The van der Waals surface area contributed by atoms with Gasteiger partial charge in [0.05, 0.1) is 8.85 Å². The topological polar surface area (TPSA) is 94.8 Å². The Morgan fingerprint density at radius 1 is 1.43 bits per heavy atom. The zero-order chi connectivity index (χ0) is 23.2. The van der Waals surface area contributed by atoms with Crippen LogP contribution < -0.4 is 0 Å². The molecule has 0 aromatic carbocycles. The normalized spacial score (nSPS) is 54.6. The second kappa shape index (κ2) is 5.83. The summed E-state index contributed by atoms with van der Waals surface area (Å²) in [6.07, 6.45) is 3.90. The molecule has 0 saturated heterocycles. The second-order valence-corrected chi connectivity index (χ2v) is 9.58. The van der Waals surface area contributed by atoms with Gasteiger partial charge < -0.3 is 15.3 Å². The number of halogens is 1. The predicted molar refractivity (Wildman–Crippen MR) is 99.9 cm³/mol. The van der Waals surface area contributed by atoms with Gasteiger partial charge in [0, 0.05) is 16.7 Å². The molecule has 3 fully saturated rings. The molecule has 0 radical (unpaired) electrons. The smallest absolute Gasteiger partial charge is 0.211 e. The Kier molecular flexibility index (Phi) is 3.42. The minimum Gasteiger partial charge on any atom is -0.390 e. The Balaban J connectivity index is 1.86. The number of hydrogen-bond acceptors (Lipinski definition) is 5. The molecule has 28 heavy (non-hydrogen) atoms. The molecule has 154 valence electrons. The summed E-state index contributed by atoms with van der Waals surface area (Å²) >= 11 is 0. The molecular formula is C22H29FO5. The quantitative estimate of drug-likeness (QED) is 0.678. The highest BCUT2D eigenvalue weighted by atomic mass is 19.1. The highest BCUT2D eigenvalue weighted by Crippen LogP contribution is 2.70. The molecule has 0 aromatic rings. The van der Waals surface area contributed by atoms with Crippen molar-refractivity contribution in [3.63, 3.8) is 0 Å². The van der Waals surface area contributed by atoms with Gasteiger partial charge in [-0.25, -0.2) is 4.39 Å². The molecule has 0 bridgehead atoms. The van der Waals surface area contributed by atoms with Gasteiger partial charge in [-0.1, -0.05) is 25.5 Å². The van der Waals surface area contributed by atoms with Crippen LogP contribution in [-0.2, 0) is 9.59 Å².